The number of carbonyl (C=O) groups is 1. The van der Waals surface area contributed by atoms with Crippen LogP contribution < -0.4 is 0 Å². The maximum Gasteiger partial charge on any atom is 0.343 e. The fourth-order valence-corrected chi connectivity index (χ4v) is 3.80. The molecule has 0 aromatic rings. The van der Waals surface area contributed by atoms with Gasteiger partial charge >= 0.3 is 5.97 Å². The molecular formula is C16H29NO6. The third-order valence-corrected chi connectivity index (χ3v) is 5.41. The van der Waals surface area contributed by atoms with Gasteiger partial charge in [-0.1, -0.05) is 0 Å². The first-order valence-corrected chi connectivity index (χ1v) is 8.19. The number of fused-ring (bicyclic) bond motifs is 1. The van der Waals surface area contributed by atoms with E-state index in [-0.39, 0.29) is 18.6 Å². The Morgan fingerprint density at radius 2 is 1.91 bits per heavy atom. The van der Waals surface area contributed by atoms with E-state index in [0.717, 1.165) is 25.9 Å². The normalized spacial score (nSPS) is 32.4. The molecule has 2 aliphatic heterocycles. The Kier molecular flexibility index (Phi) is 5.37. The summed E-state index contributed by atoms with van der Waals surface area (Å²) in [5.41, 5.74) is -3.87. The number of aliphatic hydroxyl groups excluding tert-OH is 1. The van der Waals surface area contributed by atoms with Crippen LogP contribution in [-0.2, 0) is 14.3 Å². The highest BCUT2D eigenvalue weighted by atomic mass is 16.6. The van der Waals surface area contributed by atoms with Gasteiger partial charge in [-0.3, -0.25) is 4.90 Å². The average molecular weight is 331 g/mol. The largest absolute Gasteiger partial charge is 0.463 e. The molecule has 7 heteroatoms. The molecule has 0 bridgehead atoms. The van der Waals surface area contributed by atoms with Gasteiger partial charge in [-0.2, -0.15) is 0 Å². The second-order valence-electron chi connectivity index (χ2n) is 7.23. The van der Waals surface area contributed by atoms with Gasteiger partial charge in [0.15, 0.2) is 0 Å². The van der Waals surface area contributed by atoms with Crippen molar-refractivity contribution in [3.8, 4) is 0 Å². The monoisotopic (exact) mass is 331 g/mol. The maximum atomic E-state index is 12.5. The third kappa shape index (κ3) is 3.25. The Morgan fingerprint density at radius 3 is 2.48 bits per heavy atom. The van der Waals surface area contributed by atoms with E-state index in [1.165, 1.54) is 27.9 Å². The van der Waals surface area contributed by atoms with Crippen LogP contribution in [0.25, 0.3) is 0 Å². The number of hydrogen-bond acceptors (Lipinski definition) is 7. The highest BCUT2D eigenvalue weighted by Gasteiger charge is 2.55. The number of carbonyl (C=O) groups excluding carboxylic acids is 1. The molecule has 2 rings (SSSR count). The van der Waals surface area contributed by atoms with Crippen molar-refractivity contribution in [3.63, 3.8) is 0 Å². The highest BCUT2D eigenvalue weighted by Crippen LogP contribution is 2.34. The lowest BCUT2D eigenvalue weighted by atomic mass is 9.81. The van der Waals surface area contributed by atoms with Crippen LogP contribution in [0.3, 0.4) is 0 Å². The zero-order valence-electron chi connectivity index (χ0n) is 14.4. The van der Waals surface area contributed by atoms with Gasteiger partial charge in [0.1, 0.15) is 5.60 Å². The van der Waals surface area contributed by atoms with Crippen LogP contribution >= 0.6 is 0 Å². The summed E-state index contributed by atoms with van der Waals surface area (Å²) in [4.78, 5) is 14.7. The van der Waals surface area contributed by atoms with Gasteiger partial charge in [-0.15, -0.1) is 0 Å². The number of hydrogen-bond donors (Lipinski definition) is 3. The van der Waals surface area contributed by atoms with E-state index in [0.29, 0.717) is 0 Å². The minimum atomic E-state index is -2.16. The Bertz CT molecular complexity index is 437. The molecule has 2 heterocycles. The number of ether oxygens (including phenoxy) is 2. The number of aliphatic hydroxyl groups is 3. The Morgan fingerprint density at radius 1 is 1.30 bits per heavy atom. The summed E-state index contributed by atoms with van der Waals surface area (Å²) in [6.07, 6.45) is 0.263. The fourth-order valence-electron chi connectivity index (χ4n) is 3.80. The second kappa shape index (κ2) is 6.64. The molecule has 3 N–H and O–H groups in total. The molecule has 2 saturated heterocycles. The van der Waals surface area contributed by atoms with E-state index in [1.54, 1.807) is 0 Å². The number of rotatable bonds is 6. The molecular weight excluding hydrogens is 302 g/mol. The first-order valence-electron chi connectivity index (χ1n) is 8.19. The first-order chi connectivity index (χ1) is 10.6. The molecule has 2 fully saturated rings. The van der Waals surface area contributed by atoms with Gasteiger partial charge in [-0.05, 0) is 40.2 Å². The molecule has 0 aromatic carbocycles. The van der Waals surface area contributed by atoms with Crippen molar-refractivity contribution in [2.24, 2.45) is 5.92 Å². The van der Waals surface area contributed by atoms with Crippen molar-refractivity contribution >= 4 is 5.97 Å². The van der Waals surface area contributed by atoms with Crippen molar-refractivity contribution in [1.82, 2.24) is 4.90 Å². The van der Waals surface area contributed by atoms with Crippen LogP contribution in [0.2, 0.25) is 0 Å². The van der Waals surface area contributed by atoms with Crippen molar-refractivity contribution < 1.29 is 29.6 Å². The topological polar surface area (TPSA) is 99.5 Å². The van der Waals surface area contributed by atoms with Gasteiger partial charge in [0.2, 0.25) is 5.60 Å². The van der Waals surface area contributed by atoms with Gasteiger partial charge in [0.05, 0.1) is 18.8 Å². The summed E-state index contributed by atoms with van der Waals surface area (Å²) < 4.78 is 10.4. The summed E-state index contributed by atoms with van der Waals surface area (Å²) in [5.74, 6) is -0.856. The van der Waals surface area contributed by atoms with E-state index >= 15 is 0 Å². The molecule has 0 spiro atoms. The van der Waals surface area contributed by atoms with Crippen molar-refractivity contribution in [1.29, 1.82) is 0 Å². The van der Waals surface area contributed by atoms with Crippen molar-refractivity contribution in [2.75, 3.05) is 26.8 Å². The van der Waals surface area contributed by atoms with Gasteiger partial charge in [-0.25, -0.2) is 4.79 Å². The lowest BCUT2D eigenvalue weighted by molar-refractivity contribution is -0.218. The zero-order valence-corrected chi connectivity index (χ0v) is 14.4. The Labute approximate surface area is 137 Å². The average Bonchev–Trinajstić information content (AvgIpc) is 3.05. The molecule has 5 atom stereocenters. The van der Waals surface area contributed by atoms with Crippen LogP contribution in [0.15, 0.2) is 0 Å². The van der Waals surface area contributed by atoms with Crippen LogP contribution in [-0.4, -0.2) is 82.4 Å². The summed E-state index contributed by atoms with van der Waals surface area (Å²) in [6, 6.07) is 0.0119. The third-order valence-electron chi connectivity index (χ3n) is 5.41. The van der Waals surface area contributed by atoms with Gasteiger partial charge < -0.3 is 24.8 Å². The standard InChI is InChI=1S/C16H29NO6/c1-10(22-4)16(21,15(2,3)20)14(19)23-9-11-5-7-17-8-6-12(18)13(11)17/h10-13,18,20-21H,5-9H2,1-4H3/t10-,11+,12+,13-,16+/m1/s1. The summed E-state index contributed by atoms with van der Waals surface area (Å²) in [5, 5.41) is 31.0. The number of methoxy groups -OCH3 is 1. The molecule has 134 valence electrons. The molecule has 0 saturated carbocycles. The van der Waals surface area contributed by atoms with E-state index < -0.39 is 29.4 Å². The van der Waals surface area contributed by atoms with Crippen molar-refractivity contribution in [2.45, 2.75) is 63.1 Å². The number of esters is 1. The molecule has 0 aliphatic carbocycles. The summed E-state index contributed by atoms with van der Waals surface area (Å²) in [6.45, 7) is 6.07. The predicted octanol–water partition coefficient (Wildman–Crippen LogP) is -0.478. The van der Waals surface area contributed by atoms with Gasteiger partial charge in [0, 0.05) is 25.6 Å². The van der Waals surface area contributed by atoms with Crippen LogP contribution in [0.1, 0.15) is 33.6 Å². The minimum absolute atomic E-state index is 0.0119. The Balaban J connectivity index is 2.03. The lowest BCUT2D eigenvalue weighted by Gasteiger charge is -2.40. The van der Waals surface area contributed by atoms with Crippen LogP contribution in [0, 0.1) is 5.92 Å². The number of nitrogens with zero attached hydrogens (tertiary/aromatic N) is 1. The zero-order chi connectivity index (χ0) is 17.4. The maximum absolute atomic E-state index is 12.5. The predicted molar refractivity (Wildman–Crippen MR) is 82.8 cm³/mol. The summed E-state index contributed by atoms with van der Waals surface area (Å²) >= 11 is 0. The molecule has 0 unspecified atom stereocenters. The molecule has 23 heavy (non-hydrogen) atoms. The van der Waals surface area contributed by atoms with Crippen LogP contribution in [0.5, 0.6) is 0 Å². The lowest BCUT2D eigenvalue weighted by Crippen LogP contribution is -2.63. The molecule has 7 nitrogen and oxygen atoms in total. The highest BCUT2D eigenvalue weighted by molar-refractivity contribution is 5.81. The van der Waals surface area contributed by atoms with Gasteiger partial charge in [0.25, 0.3) is 0 Å². The quantitative estimate of drug-likeness (QED) is 0.565. The molecule has 0 aromatic heterocycles. The molecule has 2 aliphatic rings. The van der Waals surface area contributed by atoms with E-state index in [2.05, 4.69) is 4.90 Å². The fraction of sp³-hybridized carbons (Fsp3) is 0.938. The first kappa shape index (κ1) is 18.6. The van der Waals surface area contributed by atoms with E-state index in [1.807, 2.05) is 0 Å². The molecule has 0 radical (unpaired) electrons. The van der Waals surface area contributed by atoms with Crippen LogP contribution in [0.4, 0.5) is 0 Å². The smallest absolute Gasteiger partial charge is 0.343 e. The minimum Gasteiger partial charge on any atom is -0.463 e. The SMILES string of the molecule is CO[C@H](C)[C@](O)(C(=O)OC[C@@H]1CCN2CC[C@H](O)[C@@H]12)C(C)(C)O. The summed E-state index contributed by atoms with van der Waals surface area (Å²) in [7, 11) is 1.36. The van der Waals surface area contributed by atoms with E-state index in [4.69, 9.17) is 9.47 Å². The molecule has 0 amide bonds. The Hall–Kier alpha value is -0.730. The van der Waals surface area contributed by atoms with E-state index in [9.17, 15) is 20.1 Å². The second-order valence-corrected chi connectivity index (χ2v) is 7.23. The van der Waals surface area contributed by atoms with Crippen molar-refractivity contribution in [3.05, 3.63) is 0 Å².